The van der Waals surface area contributed by atoms with Gasteiger partial charge in [-0.15, -0.1) is 0 Å². The van der Waals surface area contributed by atoms with Gasteiger partial charge in [0.2, 0.25) is 0 Å². The predicted octanol–water partition coefficient (Wildman–Crippen LogP) is 4.01. The quantitative estimate of drug-likeness (QED) is 0.562. The Morgan fingerprint density at radius 1 is 0.913 bits per heavy atom. The van der Waals surface area contributed by atoms with Gasteiger partial charge in [0, 0.05) is 36.8 Å². The van der Waals surface area contributed by atoms with E-state index in [1.807, 2.05) is 55.8 Å². The molecule has 4 aromatic rings. The molecule has 0 aliphatic carbocycles. The van der Waals surface area contributed by atoms with Crippen LogP contribution in [0.1, 0.15) is 5.56 Å². The third-order valence-electron chi connectivity index (χ3n) is 4.18. The molecule has 0 radical (unpaired) electrons. The Hall–Kier alpha value is -3.01. The van der Waals surface area contributed by atoms with E-state index in [0.717, 1.165) is 39.2 Å². The number of pyridine rings is 2. The molecule has 0 spiro atoms. The second-order valence-corrected chi connectivity index (χ2v) is 5.56. The predicted molar refractivity (Wildman–Crippen MR) is 91.9 cm³/mol. The molecule has 0 N–H and O–H groups in total. The average molecular weight is 300 g/mol. The molecule has 0 fully saturated rings. The summed E-state index contributed by atoms with van der Waals surface area (Å²) in [6.07, 6.45) is 5.54. The standard InChI is InChI=1S/C19H16N4/c1-13-14(16-7-5-6-10-21-16)11-20-12-15(13)19-22-17-8-3-4-9-18(17)23(19)2/h3-12H,1-2H3. The van der Waals surface area contributed by atoms with Crippen molar-refractivity contribution in [1.82, 2.24) is 19.5 Å². The highest BCUT2D eigenvalue weighted by atomic mass is 15.1. The number of hydrogen-bond acceptors (Lipinski definition) is 3. The lowest BCUT2D eigenvalue weighted by Gasteiger charge is -2.10. The fourth-order valence-corrected chi connectivity index (χ4v) is 2.92. The van der Waals surface area contributed by atoms with Crippen molar-refractivity contribution in [3.8, 4) is 22.6 Å². The molecule has 4 heteroatoms. The summed E-state index contributed by atoms with van der Waals surface area (Å²) in [6, 6.07) is 14.1. The number of nitrogens with zero attached hydrogens (tertiary/aromatic N) is 4. The third kappa shape index (κ3) is 2.19. The lowest BCUT2D eigenvalue weighted by molar-refractivity contribution is 0.955. The van der Waals surface area contributed by atoms with Crippen LogP contribution in [0.5, 0.6) is 0 Å². The monoisotopic (exact) mass is 300 g/mol. The Labute approximate surface area is 134 Å². The minimum absolute atomic E-state index is 0.925. The first-order chi connectivity index (χ1) is 11.3. The topological polar surface area (TPSA) is 43.6 Å². The van der Waals surface area contributed by atoms with Gasteiger partial charge in [0.15, 0.2) is 0 Å². The fraction of sp³-hybridized carbons (Fsp3) is 0.105. The van der Waals surface area contributed by atoms with E-state index in [2.05, 4.69) is 27.5 Å². The van der Waals surface area contributed by atoms with E-state index in [-0.39, 0.29) is 0 Å². The van der Waals surface area contributed by atoms with Gasteiger partial charge in [0.1, 0.15) is 5.82 Å². The highest BCUT2D eigenvalue weighted by Crippen LogP contribution is 2.30. The maximum absolute atomic E-state index is 4.78. The first-order valence-electron chi connectivity index (χ1n) is 7.53. The summed E-state index contributed by atoms with van der Waals surface area (Å²) in [5.41, 5.74) is 6.25. The van der Waals surface area contributed by atoms with Crippen LogP contribution in [0.15, 0.2) is 61.1 Å². The van der Waals surface area contributed by atoms with Gasteiger partial charge >= 0.3 is 0 Å². The van der Waals surface area contributed by atoms with Gasteiger partial charge < -0.3 is 4.57 Å². The van der Waals surface area contributed by atoms with Gasteiger partial charge in [0.05, 0.1) is 16.7 Å². The van der Waals surface area contributed by atoms with Gasteiger partial charge in [0.25, 0.3) is 0 Å². The van der Waals surface area contributed by atoms with Gasteiger partial charge in [-0.2, -0.15) is 0 Å². The highest BCUT2D eigenvalue weighted by molar-refractivity contribution is 5.82. The van der Waals surface area contributed by atoms with E-state index >= 15 is 0 Å². The van der Waals surface area contributed by atoms with E-state index in [0.29, 0.717) is 0 Å². The number of benzene rings is 1. The molecule has 0 saturated carbocycles. The Morgan fingerprint density at radius 2 is 1.70 bits per heavy atom. The van der Waals surface area contributed by atoms with Crippen LogP contribution in [0.4, 0.5) is 0 Å². The van der Waals surface area contributed by atoms with E-state index in [1.54, 1.807) is 6.20 Å². The van der Waals surface area contributed by atoms with Gasteiger partial charge in [-0.05, 0) is 36.8 Å². The molecule has 0 unspecified atom stereocenters. The summed E-state index contributed by atoms with van der Waals surface area (Å²) in [5, 5.41) is 0. The average Bonchev–Trinajstić information content (AvgIpc) is 2.93. The maximum Gasteiger partial charge on any atom is 0.142 e. The molecule has 1 aromatic carbocycles. The van der Waals surface area contributed by atoms with Gasteiger partial charge in [-0.1, -0.05) is 18.2 Å². The lowest BCUT2D eigenvalue weighted by atomic mass is 10.0. The molecule has 23 heavy (non-hydrogen) atoms. The molecule has 0 saturated heterocycles. The SMILES string of the molecule is Cc1c(-c2ccccn2)cncc1-c1nc2ccccc2n1C. The second-order valence-electron chi connectivity index (χ2n) is 5.56. The highest BCUT2D eigenvalue weighted by Gasteiger charge is 2.15. The first kappa shape index (κ1) is 13.6. The maximum atomic E-state index is 4.78. The number of aryl methyl sites for hydroxylation is 1. The molecule has 4 rings (SSSR count). The van der Waals surface area contributed by atoms with E-state index < -0.39 is 0 Å². The third-order valence-corrected chi connectivity index (χ3v) is 4.18. The number of aromatic nitrogens is 4. The molecular formula is C19H16N4. The van der Waals surface area contributed by atoms with E-state index in [9.17, 15) is 0 Å². The zero-order valence-corrected chi connectivity index (χ0v) is 13.1. The zero-order valence-electron chi connectivity index (χ0n) is 13.1. The summed E-state index contributed by atoms with van der Waals surface area (Å²) in [7, 11) is 2.04. The van der Waals surface area contributed by atoms with Crippen molar-refractivity contribution < 1.29 is 0 Å². The van der Waals surface area contributed by atoms with Crippen molar-refractivity contribution >= 4 is 11.0 Å². The molecule has 3 aromatic heterocycles. The largest absolute Gasteiger partial charge is 0.327 e. The van der Waals surface area contributed by atoms with Crippen LogP contribution in [-0.2, 0) is 7.05 Å². The Morgan fingerprint density at radius 3 is 2.48 bits per heavy atom. The summed E-state index contributed by atoms with van der Waals surface area (Å²) in [5.74, 6) is 0.925. The molecule has 112 valence electrons. The number of imidazole rings is 1. The van der Waals surface area contributed by atoms with Crippen LogP contribution >= 0.6 is 0 Å². The van der Waals surface area contributed by atoms with Crippen molar-refractivity contribution in [2.24, 2.45) is 7.05 Å². The zero-order chi connectivity index (χ0) is 15.8. The Balaban J connectivity index is 1.94. The molecule has 0 atom stereocenters. The van der Waals surface area contributed by atoms with Crippen LogP contribution in [0, 0.1) is 6.92 Å². The van der Waals surface area contributed by atoms with Crippen molar-refractivity contribution in [1.29, 1.82) is 0 Å². The first-order valence-corrected chi connectivity index (χ1v) is 7.53. The normalized spacial score (nSPS) is 11.0. The van der Waals surface area contributed by atoms with Crippen LogP contribution in [0.2, 0.25) is 0 Å². The van der Waals surface area contributed by atoms with E-state index in [4.69, 9.17) is 4.98 Å². The molecule has 4 nitrogen and oxygen atoms in total. The van der Waals surface area contributed by atoms with Crippen LogP contribution < -0.4 is 0 Å². The minimum atomic E-state index is 0.925. The molecule has 0 aliphatic heterocycles. The van der Waals surface area contributed by atoms with Crippen LogP contribution in [-0.4, -0.2) is 19.5 Å². The van der Waals surface area contributed by atoms with Gasteiger partial charge in [-0.3, -0.25) is 9.97 Å². The molecule has 0 aliphatic rings. The number of para-hydroxylation sites is 2. The summed E-state index contributed by atoms with van der Waals surface area (Å²) >= 11 is 0. The summed E-state index contributed by atoms with van der Waals surface area (Å²) in [4.78, 5) is 13.6. The van der Waals surface area contributed by atoms with Crippen LogP contribution in [0.25, 0.3) is 33.7 Å². The van der Waals surface area contributed by atoms with E-state index in [1.165, 1.54) is 0 Å². The molecule has 0 amide bonds. The summed E-state index contributed by atoms with van der Waals surface area (Å²) in [6.45, 7) is 2.10. The molecule has 0 bridgehead atoms. The minimum Gasteiger partial charge on any atom is -0.327 e. The fourth-order valence-electron chi connectivity index (χ4n) is 2.92. The molecule has 3 heterocycles. The smallest absolute Gasteiger partial charge is 0.142 e. The number of rotatable bonds is 2. The Kier molecular flexibility index (Phi) is 3.15. The molecular weight excluding hydrogens is 284 g/mol. The van der Waals surface area contributed by atoms with Crippen molar-refractivity contribution in [3.05, 3.63) is 66.6 Å². The number of hydrogen-bond donors (Lipinski definition) is 0. The van der Waals surface area contributed by atoms with Crippen LogP contribution in [0.3, 0.4) is 0 Å². The second kappa shape index (κ2) is 5.32. The summed E-state index contributed by atoms with van der Waals surface area (Å²) < 4.78 is 2.11. The van der Waals surface area contributed by atoms with Crippen molar-refractivity contribution in [2.45, 2.75) is 6.92 Å². The Bertz CT molecular complexity index is 987. The van der Waals surface area contributed by atoms with Crippen molar-refractivity contribution in [2.75, 3.05) is 0 Å². The lowest BCUT2D eigenvalue weighted by Crippen LogP contribution is -1.97. The van der Waals surface area contributed by atoms with Gasteiger partial charge in [-0.25, -0.2) is 4.98 Å². The van der Waals surface area contributed by atoms with Crippen molar-refractivity contribution in [3.63, 3.8) is 0 Å². The number of fused-ring (bicyclic) bond motifs is 1.